The molecule has 2 rings (SSSR count). The Kier molecular flexibility index (Phi) is 4.41. The minimum Gasteiger partial charge on any atom is -0.337 e. The quantitative estimate of drug-likeness (QED) is 0.644. The maximum Gasteiger partial charge on any atom is 0.269 e. The Balaban J connectivity index is 2.13. The van der Waals surface area contributed by atoms with Gasteiger partial charge in [0.25, 0.3) is 5.69 Å². The van der Waals surface area contributed by atoms with Gasteiger partial charge < -0.3 is 9.84 Å². The summed E-state index contributed by atoms with van der Waals surface area (Å²) in [6.07, 6.45) is 1.02. The Morgan fingerprint density at radius 3 is 2.70 bits per heavy atom. The summed E-state index contributed by atoms with van der Waals surface area (Å²) < 4.78 is 5.20. The number of hydrogen-bond donors (Lipinski definition) is 1. The molecule has 0 fully saturated rings. The van der Waals surface area contributed by atoms with Crippen molar-refractivity contribution in [1.82, 2.24) is 15.5 Å². The van der Waals surface area contributed by atoms with E-state index >= 15 is 0 Å². The number of aromatic nitrogens is 2. The van der Waals surface area contributed by atoms with Gasteiger partial charge in [0, 0.05) is 17.7 Å². The predicted octanol–water partition coefficient (Wildman–Crippen LogP) is 2.71. The minimum atomic E-state index is -0.442. The van der Waals surface area contributed by atoms with Crippen molar-refractivity contribution in [2.45, 2.75) is 26.3 Å². The van der Waals surface area contributed by atoms with Crippen molar-refractivity contribution in [3.63, 3.8) is 0 Å². The van der Waals surface area contributed by atoms with Crippen LogP contribution < -0.4 is 5.32 Å². The fourth-order valence-corrected chi connectivity index (χ4v) is 1.71. The van der Waals surface area contributed by atoms with Crippen LogP contribution in [-0.2, 0) is 0 Å². The van der Waals surface area contributed by atoms with Crippen LogP contribution in [-0.4, -0.2) is 21.6 Å². The average molecular weight is 276 g/mol. The summed E-state index contributed by atoms with van der Waals surface area (Å²) in [4.78, 5) is 14.4. The van der Waals surface area contributed by atoms with Crippen LogP contribution in [0.5, 0.6) is 0 Å². The number of nitro benzene ring substituents is 1. The van der Waals surface area contributed by atoms with Crippen LogP contribution in [0.1, 0.15) is 32.2 Å². The monoisotopic (exact) mass is 276 g/mol. The molecule has 1 aromatic heterocycles. The van der Waals surface area contributed by atoms with Crippen molar-refractivity contribution in [3.05, 3.63) is 40.3 Å². The van der Waals surface area contributed by atoms with Crippen LogP contribution in [0, 0.1) is 10.1 Å². The largest absolute Gasteiger partial charge is 0.337 e. The van der Waals surface area contributed by atoms with Gasteiger partial charge in [-0.25, -0.2) is 0 Å². The van der Waals surface area contributed by atoms with Crippen molar-refractivity contribution in [2.75, 3.05) is 6.54 Å². The third-order valence-corrected chi connectivity index (χ3v) is 2.85. The third kappa shape index (κ3) is 3.18. The second kappa shape index (κ2) is 6.25. The highest BCUT2D eigenvalue weighted by molar-refractivity contribution is 5.56. The van der Waals surface area contributed by atoms with E-state index in [0.29, 0.717) is 17.3 Å². The molecule has 1 unspecified atom stereocenters. The maximum atomic E-state index is 10.6. The Labute approximate surface area is 116 Å². The van der Waals surface area contributed by atoms with E-state index in [9.17, 15) is 10.1 Å². The standard InChI is InChI=1S/C13H16N4O3/c1-3-8-14-9(2)13-15-12(16-20-13)10-4-6-11(7-5-10)17(18)19/h4-7,9,14H,3,8H2,1-2H3. The summed E-state index contributed by atoms with van der Waals surface area (Å²) in [5, 5.41) is 17.7. The third-order valence-electron chi connectivity index (χ3n) is 2.85. The number of nitrogens with zero attached hydrogens (tertiary/aromatic N) is 3. The van der Waals surface area contributed by atoms with Gasteiger partial charge in [-0.1, -0.05) is 12.1 Å². The molecule has 0 aliphatic heterocycles. The van der Waals surface area contributed by atoms with Gasteiger partial charge in [-0.3, -0.25) is 10.1 Å². The summed E-state index contributed by atoms with van der Waals surface area (Å²) in [7, 11) is 0. The van der Waals surface area contributed by atoms with E-state index in [2.05, 4.69) is 22.4 Å². The molecular weight excluding hydrogens is 260 g/mol. The second-order valence-corrected chi connectivity index (χ2v) is 4.44. The zero-order valence-electron chi connectivity index (χ0n) is 11.4. The average Bonchev–Trinajstić information content (AvgIpc) is 2.94. The van der Waals surface area contributed by atoms with Crippen LogP contribution in [0.25, 0.3) is 11.4 Å². The molecule has 0 spiro atoms. The Morgan fingerprint density at radius 2 is 2.10 bits per heavy atom. The lowest BCUT2D eigenvalue weighted by Crippen LogP contribution is -2.19. The molecule has 1 heterocycles. The number of nitrogens with one attached hydrogen (secondary N) is 1. The smallest absolute Gasteiger partial charge is 0.269 e. The van der Waals surface area contributed by atoms with Crippen molar-refractivity contribution in [2.24, 2.45) is 0 Å². The van der Waals surface area contributed by atoms with Gasteiger partial charge in [-0.2, -0.15) is 4.98 Å². The highest BCUT2D eigenvalue weighted by Gasteiger charge is 2.15. The molecule has 0 aliphatic carbocycles. The lowest BCUT2D eigenvalue weighted by atomic mass is 10.2. The molecule has 0 bridgehead atoms. The van der Waals surface area contributed by atoms with Crippen molar-refractivity contribution >= 4 is 5.69 Å². The zero-order valence-corrected chi connectivity index (χ0v) is 11.4. The first-order valence-electron chi connectivity index (χ1n) is 6.43. The van der Waals surface area contributed by atoms with E-state index in [4.69, 9.17) is 4.52 Å². The molecule has 0 amide bonds. The predicted molar refractivity (Wildman–Crippen MR) is 73.1 cm³/mol. The van der Waals surface area contributed by atoms with E-state index < -0.39 is 4.92 Å². The molecule has 0 radical (unpaired) electrons. The number of rotatable bonds is 6. The number of benzene rings is 1. The van der Waals surface area contributed by atoms with E-state index in [-0.39, 0.29) is 11.7 Å². The fraction of sp³-hybridized carbons (Fsp3) is 0.385. The molecule has 7 nitrogen and oxygen atoms in total. The molecule has 7 heteroatoms. The van der Waals surface area contributed by atoms with E-state index in [1.165, 1.54) is 12.1 Å². The summed E-state index contributed by atoms with van der Waals surface area (Å²) >= 11 is 0. The van der Waals surface area contributed by atoms with Gasteiger partial charge in [0.1, 0.15) is 0 Å². The molecule has 0 saturated carbocycles. The van der Waals surface area contributed by atoms with Crippen molar-refractivity contribution in [1.29, 1.82) is 0 Å². The molecule has 0 aliphatic rings. The van der Waals surface area contributed by atoms with Gasteiger partial charge in [-0.15, -0.1) is 0 Å². The lowest BCUT2D eigenvalue weighted by Gasteiger charge is -2.06. The van der Waals surface area contributed by atoms with Crippen LogP contribution in [0.2, 0.25) is 0 Å². The number of nitro groups is 1. The van der Waals surface area contributed by atoms with E-state index in [1.807, 2.05) is 6.92 Å². The summed E-state index contributed by atoms with van der Waals surface area (Å²) in [5.41, 5.74) is 0.726. The van der Waals surface area contributed by atoms with Gasteiger partial charge in [0.05, 0.1) is 11.0 Å². The minimum absolute atomic E-state index is 0.0192. The first-order chi connectivity index (χ1) is 9.61. The van der Waals surface area contributed by atoms with Crippen LogP contribution in [0.4, 0.5) is 5.69 Å². The summed E-state index contributed by atoms with van der Waals surface area (Å²) in [5.74, 6) is 0.937. The highest BCUT2D eigenvalue weighted by Crippen LogP contribution is 2.21. The number of non-ortho nitro benzene ring substituents is 1. The highest BCUT2D eigenvalue weighted by atomic mass is 16.6. The molecule has 1 N–H and O–H groups in total. The van der Waals surface area contributed by atoms with Crippen molar-refractivity contribution in [3.8, 4) is 11.4 Å². The lowest BCUT2D eigenvalue weighted by molar-refractivity contribution is -0.384. The van der Waals surface area contributed by atoms with Crippen LogP contribution >= 0.6 is 0 Å². The molecule has 106 valence electrons. The maximum absolute atomic E-state index is 10.6. The molecule has 1 atom stereocenters. The summed E-state index contributed by atoms with van der Waals surface area (Å²) in [6, 6.07) is 6.04. The zero-order chi connectivity index (χ0) is 14.5. The van der Waals surface area contributed by atoms with Gasteiger partial charge in [0.2, 0.25) is 11.7 Å². The van der Waals surface area contributed by atoms with Gasteiger partial charge in [-0.05, 0) is 32.0 Å². The topological polar surface area (TPSA) is 94.1 Å². The Hall–Kier alpha value is -2.28. The van der Waals surface area contributed by atoms with Crippen molar-refractivity contribution < 1.29 is 9.45 Å². The molecule has 20 heavy (non-hydrogen) atoms. The SMILES string of the molecule is CCCNC(C)c1nc(-c2ccc([N+](=O)[O-])cc2)no1. The normalized spacial score (nSPS) is 12.3. The molecule has 1 aromatic carbocycles. The first-order valence-corrected chi connectivity index (χ1v) is 6.43. The number of hydrogen-bond acceptors (Lipinski definition) is 6. The first kappa shape index (κ1) is 14.1. The molecule has 2 aromatic rings. The van der Waals surface area contributed by atoms with E-state index in [0.717, 1.165) is 13.0 Å². The molecule has 0 saturated heterocycles. The Bertz CT molecular complexity index is 580. The summed E-state index contributed by atoms with van der Waals surface area (Å²) in [6.45, 7) is 4.90. The second-order valence-electron chi connectivity index (χ2n) is 4.44. The Morgan fingerprint density at radius 1 is 1.40 bits per heavy atom. The van der Waals surface area contributed by atoms with Crippen LogP contribution in [0.3, 0.4) is 0 Å². The van der Waals surface area contributed by atoms with Crippen LogP contribution in [0.15, 0.2) is 28.8 Å². The fourth-order valence-electron chi connectivity index (χ4n) is 1.71. The van der Waals surface area contributed by atoms with Gasteiger partial charge >= 0.3 is 0 Å². The van der Waals surface area contributed by atoms with Gasteiger partial charge in [0.15, 0.2) is 0 Å². The van der Waals surface area contributed by atoms with E-state index in [1.54, 1.807) is 12.1 Å². The molecular formula is C13H16N4O3.